The number of fused-ring (bicyclic) bond motifs is 1. The SMILES string of the molecule is O=C(N[C@H]1CCCC2(C1)OCCO2)c1cc2cc(Cl)ccc2o1. The maximum Gasteiger partial charge on any atom is 0.287 e. The lowest BCUT2D eigenvalue weighted by Crippen LogP contribution is -2.46. The highest BCUT2D eigenvalue weighted by atomic mass is 35.5. The minimum atomic E-state index is -0.502. The second-order valence-electron chi connectivity index (χ2n) is 6.17. The number of hydrogen-bond donors (Lipinski definition) is 1. The standard InChI is InChI=1S/C17H18ClNO4/c18-12-3-4-14-11(8-12)9-15(23-14)16(20)19-13-2-1-5-17(10-13)21-6-7-22-17/h3-4,8-9,13H,1-2,5-7,10H2,(H,19,20)/t13-/m0/s1. The van der Waals surface area contributed by atoms with Crippen molar-refractivity contribution in [3.8, 4) is 0 Å². The lowest BCUT2D eigenvalue weighted by molar-refractivity contribution is -0.181. The summed E-state index contributed by atoms with van der Waals surface area (Å²) in [5, 5.41) is 4.48. The Morgan fingerprint density at radius 2 is 2.09 bits per heavy atom. The molecule has 1 spiro atoms. The predicted octanol–water partition coefficient (Wildman–Crippen LogP) is 3.50. The number of carbonyl (C=O) groups excluding carboxylic acids is 1. The third-order valence-electron chi connectivity index (χ3n) is 4.52. The molecule has 0 radical (unpaired) electrons. The van der Waals surface area contributed by atoms with Crippen molar-refractivity contribution in [2.75, 3.05) is 13.2 Å². The van der Waals surface area contributed by atoms with Crippen LogP contribution < -0.4 is 5.32 Å². The molecule has 2 aromatic rings. The molecule has 1 N–H and O–H groups in total. The van der Waals surface area contributed by atoms with Gasteiger partial charge >= 0.3 is 0 Å². The summed E-state index contributed by atoms with van der Waals surface area (Å²) in [5.41, 5.74) is 0.655. The molecule has 2 heterocycles. The Bertz CT molecular complexity index is 735. The zero-order valence-electron chi connectivity index (χ0n) is 12.6. The summed E-state index contributed by atoms with van der Waals surface area (Å²) in [6.45, 7) is 1.26. The monoisotopic (exact) mass is 335 g/mol. The van der Waals surface area contributed by atoms with Crippen molar-refractivity contribution in [3.05, 3.63) is 35.0 Å². The van der Waals surface area contributed by atoms with Gasteiger partial charge in [0.1, 0.15) is 5.58 Å². The molecule has 4 rings (SSSR count). The fraction of sp³-hybridized carbons (Fsp3) is 0.471. The number of carbonyl (C=O) groups is 1. The molecule has 1 aliphatic carbocycles. The highest BCUT2D eigenvalue weighted by Gasteiger charge is 2.41. The van der Waals surface area contributed by atoms with Crippen LogP contribution in [0.3, 0.4) is 0 Å². The Kier molecular flexibility index (Phi) is 3.79. The number of amides is 1. The van der Waals surface area contributed by atoms with Gasteiger partial charge in [-0.3, -0.25) is 4.79 Å². The van der Waals surface area contributed by atoms with Gasteiger partial charge in [0.25, 0.3) is 5.91 Å². The molecule has 2 fully saturated rings. The zero-order chi connectivity index (χ0) is 15.9. The molecule has 6 heteroatoms. The van der Waals surface area contributed by atoms with E-state index in [1.54, 1.807) is 24.3 Å². The summed E-state index contributed by atoms with van der Waals surface area (Å²) in [5.74, 6) is -0.412. The topological polar surface area (TPSA) is 60.7 Å². The fourth-order valence-electron chi connectivity index (χ4n) is 3.46. The van der Waals surface area contributed by atoms with Gasteiger partial charge in [-0.25, -0.2) is 0 Å². The van der Waals surface area contributed by atoms with Crippen LogP contribution in [0.25, 0.3) is 11.0 Å². The number of nitrogens with one attached hydrogen (secondary N) is 1. The molecular weight excluding hydrogens is 318 g/mol. The average molecular weight is 336 g/mol. The number of hydrogen-bond acceptors (Lipinski definition) is 4. The van der Waals surface area contributed by atoms with Crippen molar-refractivity contribution in [1.29, 1.82) is 0 Å². The predicted molar refractivity (Wildman–Crippen MR) is 85.6 cm³/mol. The number of ether oxygens (including phenoxy) is 2. The average Bonchev–Trinajstić information content (AvgIpc) is 3.14. The summed E-state index contributed by atoms with van der Waals surface area (Å²) in [7, 11) is 0. The number of furan rings is 1. The highest BCUT2D eigenvalue weighted by Crippen LogP contribution is 2.36. The normalized spacial score (nSPS) is 23.4. The molecule has 2 aliphatic rings. The van der Waals surface area contributed by atoms with E-state index in [-0.39, 0.29) is 11.9 Å². The summed E-state index contributed by atoms with van der Waals surface area (Å²) >= 11 is 5.96. The van der Waals surface area contributed by atoms with E-state index < -0.39 is 5.79 Å². The van der Waals surface area contributed by atoms with Crippen LogP contribution in [-0.2, 0) is 9.47 Å². The van der Waals surface area contributed by atoms with E-state index >= 15 is 0 Å². The molecule has 1 amide bonds. The molecular formula is C17H18ClNO4. The molecule has 1 atom stereocenters. The third-order valence-corrected chi connectivity index (χ3v) is 4.75. The molecule has 1 aromatic heterocycles. The second kappa shape index (κ2) is 5.82. The highest BCUT2D eigenvalue weighted by molar-refractivity contribution is 6.31. The van der Waals surface area contributed by atoms with E-state index in [0.29, 0.717) is 36.0 Å². The van der Waals surface area contributed by atoms with Crippen LogP contribution in [0.1, 0.15) is 36.2 Å². The van der Waals surface area contributed by atoms with Crippen molar-refractivity contribution >= 4 is 28.5 Å². The first-order valence-electron chi connectivity index (χ1n) is 7.91. The molecule has 1 aliphatic heterocycles. The Balaban J connectivity index is 1.48. The third kappa shape index (κ3) is 2.96. The zero-order valence-corrected chi connectivity index (χ0v) is 13.4. The van der Waals surface area contributed by atoms with Gasteiger partial charge in [0.2, 0.25) is 0 Å². The second-order valence-corrected chi connectivity index (χ2v) is 6.60. The van der Waals surface area contributed by atoms with E-state index in [1.165, 1.54) is 0 Å². The Labute approximate surface area is 138 Å². The Hall–Kier alpha value is -1.56. The Morgan fingerprint density at radius 1 is 1.26 bits per heavy atom. The van der Waals surface area contributed by atoms with Gasteiger partial charge < -0.3 is 19.2 Å². The van der Waals surface area contributed by atoms with Gasteiger partial charge in [0, 0.05) is 29.3 Å². The summed E-state index contributed by atoms with van der Waals surface area (Å²) < 4.78 is 17.1. The summed E-state index contributed by atoms with van der Waals surface area (Å²) in [6.07, 6.45) is 3.47. The largest absolute Gasteiger partial charge is 0.451 e. The number of rotatable bonds is 2. The van der Waals surface area contributed by atoms with Gasteiger partial charge in [-0.15, -0.1) is 0 Å². The molecule has 0 unspecified atom stereocenters. The Morgan fingerprint density at radius 3 is 2.91 bits per heavy atom. The number of benzene rings is 1. The van der Waals surface area contributed by atoms with Crippen molar-refractivity contribution < 1.29 is 18.7 Å². The molecule has 23 heavy (non-hydrogen) atoms. The van der Waals surface area contributed by atoms with Crippen LogP contribution in [-0.4, -0.2) is 30.9 Å². The first-order chi connectivity index (χ1) is 11.1. The van der Waals surface area contributed by atoms with Crippen molar-refractivity contribution in [2.24, 2.45) is 0 Å². The lowest BCUT2D eigenvalue weighted by atomic mass is 9.89. The van der Waals surface area contributed by atoms with E-state index in [0.717, 1.165) is 24.6 Å². The fourth-order valence-corrected chi connectivity index (χ4v) is 3.64. The maximum atomic E-state index is 12.5. The van der Waals surface area contributed by atoms with E-state index in [9.17, 15) is 4.79 Å². The van der Waals surface area contributed by atoms with Crippen molar-refractivity contribution in [3.63, 3.8) is 0 Å². The van der Waals surface area contributed by atoms with Crippen molar-refractivity contribution in [1.82, 2.24) is 5.32 Å². The molecule has 1 saturated carbocycles. The van der Waals surface area contributed by atoms with Crippen LogP contribution in [0.15, 0.2) is 28.7 Å². The first-order valence-corrected chi connectivity index (χ1v) is 8.29. The van der Waals surface area contributed by atoms with Gasteiger partial charge in [-0.2, -0.15) is 0 Å². The van der Waals surface area contributed by atoms with E-state index in [1.807, 2.05) is 0 Å². The summed E-state index contributed by atoms with van der Waals surface area (Å²) in [4.78, 5) is 12.5. The van der Waals surface area contributed by atoms with Gasteiger partial charge in [0.15, 0.2) is 11.5 Å². The quantitative estimate of drug-likeness (QED) is 0.912. The number of halogens is 1. The minimum absolute atomic E-state index is 0.0335. The van der Waals surface area contributed by atoms with Crippen LogP contribution in [0, 0.1) is 0 Å². The first kappa shape index (κ1) is 15.0. The molecule has 1 aromatic carbocycles. The van der Waals surface area contributed by atoms with Crippen LogP contribution in [0.2, 0.25) is 5.02 Å². The van der Waals surface area contributed by atoms with E-state index in [2.05, 4.69) is 5.32 Å². The van der Waals surface area contributed by atoms with Crippen LogP contribution in [0.5, 0.6) is 0 Å². The van der Waals surface area contributed by atoms with Crippen LogP contribution in [0.4, 0.5) is 0 Å². The molecule has 5 nitrogen and oxygen atoms in total. The molecule has 1 saturated heterocycles. The van der Waals surface area contributed by atoms with Gasteiger partial charge in [-0.1, -0.05) is 11.6 Å². The minimum Gasteiger partial charge on any atom is -0.451 e. The van der Waals surface area contributed by atoms with Gasteiger partial charge in [-0.05, 0) is 37.1 Å². The summed E-state index contributed by atoms with van der Waals surface area (Å²) in [6, 6.07) is 7.05. The van der Waals surface area contributed by atoms with Crippen LogP contribution >= 0.6 is 11.6 Å². The van der Waals surface area contributed by atoms with Crippen molar-refractivity contribution in [2.45, 2.75) is 37.5 Å². The molecule has 0 bridgehead atoms. The maximum absolute atomic E-state index is 12.5. The smallest absolute Gasteiger partial charge is 0.287 e. The molecule has 122 valence electrons. The van der Waals surface area contributed by atoms with E-state index in [4.69, 9.17) is 25.5 Å². The van der Waals surface area contributed by atoms with Gasteiger partial charge in [0.05, 0.1) is 13.2 Å². The lowest BCUT2D eigenvalue weighted by Gasteiger charge is -2.36.